The number of nitrogens with one attached hydrogen (secondary N) is 1. The van der Waals surface area contributed by atoms with Gasteiger partial charge in [0.1, 0.15) is 6.10 Å². The molecular formula is C17H21N3O2. The molecule has 5 heteroatoms. The molecule has 0 radical (unpaired) electrons. The van der Waals surface area contributed by atoms with Crippen LogP contribution in [0.4, 0.5) is 0 Å². The maximum Gasteiger partial charge on any atom is 0.220 e. The zero-order valence-electron chi connectivity index (χ0n) is 12.8. The summed E-state index contributed by atoms with van der Waals surface area (Å²) in [6.45, 7) is 1.24. The lowest BCUT2D eigenvalue weighted by Gasteiger charge is -2.26. The van der Waals surface area contributed by atoms with Gasteiger partial charge in [-0.15, -0.1) is 0 Å². The summed E-state index contributed by atoms with van der Waals surface area (Å²) >= 11 is 0. The Hall–Kier alpha value is -2.14. The fraction of sp³-hybridized carbons (Fsp3) is 0.412. The second-order valence-corrected chi connectivity index (χ2v) is 5.61. The van der Waals surface area contributed by atoms with E-state index in [9.17, 15) is 4.79 Å². The number of hydrogen-bond acceptors (Lipinski definition) is 3. The largest absolute Gasteiger partial charge is 0.371 e. The number of imidazole rings is 1. The van der Waals surface area contributed by atoms with Crippen LogP contribution in [0.5, 0.6) is 0 Å². The molecule has 1 N–H and O–H groups in total. The van der Waals surface area contributed by atoms with Crippen molar-refractivity contribution in [1.29, 1.82) is 0 Å². The molecule has 0 bridgehead atoms. The first-order valence-corrected chi connectivity index (χ1v) is 7.65. The van der Waals surface area contributed by atoms with Crippen molar-refractivity contribution < 1.29 is 9.53 Å². The molecule has 22 heavy (non-hydrogen) atoms. The molecule has 1 aliphatic heterocycles. The van der Waals surface area contributed by atoms with Gasteiger partial charge in [0, 0.05) is 31.9 Å². The van der Waals surface area contributed by atoms with E-state index in [2.05, 4.69) is 22.4 Å². The number of rotatable bonds is 5. The summed E-state index contributed by atoms with van der Waals surface area (Å²) < 4.78 is 7.73. The zero-order valence-corrected chi connectivity index (χ0v) is 12.8. The fourth-order valence-electron chi connectivity index (χ4n) is 2.81. The summed E-state index contributed by atoms with van der Waals surface area (Å²) in [5.74, 6) is 0.0489. The minimum atomic E-state index is -0.0365. The average Bonchev–Trinajstić information content (AvgIpc) is 2.96. The van der Waals surface area contributed by atoms with E-state index in [0.29, 0.717) is 26.0 Å². The Balaban J connectivity index is 1.51. The minimum absolute atomic E-state index is 0.0365. The van der Waals surface area contributed by atoms with Crippen molar-refractivity contribution in [3.63, 3.8) is 0 Å². The van der Waals surface area contributed by atoms with Crippen molar-refractivity contribution in [2.24, 2.45) is 7.05 Å². The number of aromatic nitrogens is 2. The van der Waals surface area contributed by atoms with E-state index in [1.54, 1.807) is 12.5 Å². The Morgan fingerprint density at radius 1 is 1.45 bits per heavy atom. The van der Waals surface area contributed by atoms with Gasteiger partial charge in [-0.25, -0.2) is 4.98 Å². The summed E-state index contributed by atoms with van der Waals surface area (Å²) in [5, 5.41) is 2.98. The average molecular weight is 299 g/mol. The molecule has 0 fully saturated rings. The van der Waals surface area contributed by atoms with Crippen LogP contribution in [0.3, 0.4) is 0 Å². The Morgan fingerprint density at radius 2 is 2.32 bits per heavy atom. The van der Waals surface area contributed by atoms with Crippen molar-refractivity contribution in [3.05, 3.63) is 53.6 Å². The van der Waals surface area contributed by atoms with Gasteiger partial charge in [0.25, 0.3) is 0 Å². The molecule has 0 saturated carbocycles. The Morgan fingerprint density at radius 3 is 3.14 bits per heavy atom. The van der Waals surface area contributed by atoms with Crippen LogP contribution in [0.1, 0.15) is 29.3 Å². The molecule has 0 saturated heterocycles. The number of carbonyl (C=O) groups is 1. The van der Waals surface area contributed by atoms with Gasteiger partial charge in [-0.1, -0.05) is 24.3 Å². The van der Waals surface area contributed by atoms with E-state index < -0.39 is 0 Å². The third kappa shape index (κ3) is 3.36. The van der Waals surface area contributed by atoms with E-state index in [1.807, 2.05) is 23.7 Å². The first-order chi connectivity index (χ1) is 10.7. The van der Waals surface area contributed by atoms with Gasteiger partial charge in [0.15, 0.2) is 0 Å². The number of carbonyl (C=O) groups excluding carboxylic acids is 1. The Kier molecular flexibility index (Phi) is 4.53. The van der Waals surface area contributed by atoms with Crippen LogP contribution in [0.2, 0.25) is 0 Å². The van der Waals surface area contributed by atoms with Crippen LogP contribution in [0, 0.1) is 0 Å². The lowest BCUT2D eigenvalue weighted by molar-refractivity contribution is -0.121. The fourth-order valence-corrected chi connectivity index (χ4v) is 2.81. The zero-order chi connectivity index (χ0) is 15.4. The monoisotopic (exact) mass is 299 g/mol. The number of amides is 1. The molecule has 3 rings (SSSR count). The van der Waals surface area contributed by atoms with Gasteiger partial charge >= 0.3 is 0 Å². The van der Waals surface area contributed by atoms with Crippen LogP contribution in [-0.4, -0.2) is 28.6 Å². The van der Waals surface area contributed by atoms with E-state index in [1.165, 1.54) is 11.1 Å². The third-order valence-corrected chi connectivity index (χ3v) is 4.10. The van der Waals surface area contributed by atoms with Crippen LogP contribution < -0.4 is 5.32 Å². The van der Waals surface area contributed by atoms with Crippen molar-refractivity contribution in [1.82, 2.24) is 14.9 Å². The smallest absolute Gasteiger partial charge is 0.220 e. The van der Waals surface area contributed by atoms with E-state index >= 15 is 0 Å². The second-order valence-electron chi connectivity index (χ2n) is 5.61. The summed E-state index contributed by atoms with van der Waals surface area (Å²) in [5.41, 5.74) is 3.58. The van der Waals surface area contributed by atoms with Crippen LogP contribution in [0.25, 0.3) is 0 Å². The molecule has 1 amide bonds. The third-order valence-electron chi connectivity index (χ3n) is 4.10. The molecule has 2 aromatic rings. The van der Waals surface area contributed by atoms with E-state index in [-0.39, 0.29) is 12.0 Å². The maximum atomic E-state index is 12.0. The first-order valence-electron chi connectivity index (χ1n) is 7.65. The Labute approximate surface area is 130 Å². The molecule has 2 heterocycles. The van der Waals surface area contributed by atoms with Crippen LogP contribution in [-0.2, 0) is 29.4 Å². The molecule has 1 unspecified atom stereocenters. The van der Waals surface area contributed by atoms with Gasteiger partial charge in [-0.3, -0.25) is 4.79 Å². The quantitative estimate of drug-likeness (QED) is 0.915. The second kappa shape index (κ2) is 6.75. The van der Waals surface area contributed by atoms with Crippen LogP contribution >= 0.6 is 0 Å². The number of hydrogen-bond donors (Lipinski definition) is 1. The standard InChI is InChI=1S/C17H21N3O2/c1-20-12-18-10-14(20)6-7-17(21)19-11-16-15-5-3-2-4-13(15)8-9-22-16/h2-5,10,12,16H,6-9,11H2,1H3,(H,19,21). The Bertz CT molecular complexity index is 651. The highest BCUT2D eigenvalue weighted by molar-refractivity contribution is 5.76. The highest BCUT2D eigenvalue weighted by Crippen LogP contribution is 2.26. The van der Waals surface area contributed by atoms with Crippen molar-refractivity contribution in [3.8, 4) is 0 Å². The van der Waals surface area contributed by atoms with Gasteiger partial charge in [-0.05, 0) is 24.0 Å². The topological polar surface area (TPSA) is 56.2 Å². The molecule has 0 spiro atoms. The number of aryl methyl sites for hydroxylation is 2. The SMILES string of the molecule is Cn1cncc1CCC(=O)NCC1OCCc2ccccc21. The highest BCUT2D eigenvalue weighted by Gasteiger charge is 2.20. The highest BCUT2D eigenvalue weighted by atomic mass is 16.5. The predicted molar refractivity (Wildman–Crippen MR) is 83.4 cm³/mol. The molecule has 1 aromatic heterocycles. The summed E-state index contributed by atoms with van der Waals surface area (Å²) in [7, 11) is 1.94. The van der Waals surface area contributed by atoms with Gasteiger partial charge < -0.3 is 14.6 Å². The predicted octanol–water partition coefficient (Wildman–Crippen LogP) is 1.78. The summed E-state index contributed by atoms with van der Waals surface area (Å²) in [6, 6.07) is 8.29. The molecule has 5 nitrogen and oxygen atoms in total. The normalized spacial score (nSPS) is 17.0. The number of ether oxygens (including phenoxy) is 1. The van der Waals surface area contributed by atoms with Crippen molar-refractivity contribution >= 4 is 5.91 Å². The summed E-state index contributed by atoms with van der Waals surface area (Å²) in [4.78, 5) is 16.1. The van der Waals surface area contributed by atoms with Crippen LogP contribution in [0.15, 0.2) is 36.8 Å². The number of nitrogens with zero attached hydrogens (tertiary/aromatic N) is 2. The molecule has 1 aliphatic rings. The van der Waals surface area contributed by atoms with E-state index in [4.69, 9.17) is 4.74 Å². The number of benzene rings is 1. The van der Waals surface area contributed by atoms with Gasteiger partial charge in [-0.2, -0.15) is 0 Å². The van der Waals surface area contributed by atoms with Gasteiger partial charge in [0.2, 0.25) is 5.91 Å². The molecule has 0 aliphatic carbocycles. The molecule has 1 atom stereocenters. The first kappa shape index (κ1) is 14.8. The lowest BCUT2D eigenvalue weighted by atomic mass is 9.97. The van der Waals surface area contributed by atoms with E-state index in [0.717, 1.165) is 12.1 Å². The lowest BCUT2D eigenvalue weighted by Crippen LogP contribution is -2.32. The maximum absolute atomic E-state index is 12.0. The minimum Gasteiger partial charge on any atom is -0.371 e. The summed E-state index contributed by atoms with van der Waals surface area (Å²) in [6.07, 6.45) is 5.62. The number of fused-ring (bicyclic) bond motifs is 1. The van der Waals surface area contributed by atoms with Crippen molar-refractivity contribution in [2.45, 2.75) is 25.4 Å². The molecule has 116 valence electrons. The van der Waals surface area contributed by atoms with Gasteiger partial charge in [0.05, 0.1) is 12.9 Å². The molecular weight excluding hydrogens is 278 g/mol. The van der Waals surface area contributed by atoms with Crippen molar-refractivity contribution in [2.75, 3.05) is 13.2 Å². The molecule has 1 aromatic carbocycles.